The smallest absolute Gasteiger partial charge is 0.191 e. The second-order valence-electron chi connectivity index (χ2n) is 6.52. The molecule has 1 fully saturated rings. The fraction of sp³-hybridized carbons (Fsp3) is 0.474. The van der Waals surface area contributed by atoms with E-state index >= 15 is 0 Å². The maximum atomic E-state index is 6.52. The molecule has 1 saturated heterocycles. The van der Waals surface area contributed by atoms with Gasteiger partial charge in [0, 0.05) is 48.3 Å². The second-order valence-corrected chi connectivity index (χ2v) is 8.24. The van der Waals surface area contributed by atoms with E-state index in [2.05, 4.69) is 39.7 Å². The SMILES string of the molecule is CN=C(NCc1ncc(C)s1)NCC1(c2ccccc2Cl)CCOCC1.I. The van der Waals surface area contributed by atoms with E-state index in [0.717, 1.165) is 48.6 Å². The molecule has 5 nitrogen and oxygen atoms in total. The molecule has 0 radical (unpaired) electrons. The number of rotatable bonds is 5. The van der Waals surface area contributed by atoms with Gasteiger partial charge in [0.15, 0.2) is 5.96 Å². The van der Waals surface area contributed by atoms with Crippen LogP contribution in [0, 0.1) is 6.92 Å². The van der Waals surface area contributed by atoms with Gasteiger partial charge in [-0.05, 0) is 31.4 Å². The van der Waals surface area contributed by atoms with Crippen LogP contribution in [-0.2, 0) is 16.7 Å². The summed E-state index contributed by atoms with van der Waals surface area (Å²) >= 11 is 8.21. The summed E-state index contributed by atoms with van der Waals surface area (Å²) in [6, 6.07) is 8.12. The molecule has 0 unspecified atom stereocenters. The molecule has 148 valence electrons. The number of nitrogens with one attached hydrogen (secondary N) is 2. The van der Waals surface area contributed by atoms with Crippen LogP contribution in [0.25, 0.3) is 0 Å². The number of nitrogens with zero attached hydrogens (tertiary/aromatic N) is 2. The van der Waals surface area contributed by atoms with Crippen LogP contribution in [0.3, 0.4) is 0 Å². The van der Waals surface area contributed by atoms with Gasteiger partial charge in [0.2, 0.25) is 0 Å². The Morgan fingerprint density at radius 1 is 1.30 bits per heavy atom. The van der Waals surface area contributed by atoms with E-state index in [9.17, 15) is 0 Å². The van der Waals surface area contributed by atoms with Crippen molar-refractivity contribution in [1.29, 1.82) is 0 Å². The Bertz CT molecular complexity index is 762. The summed E-state index contributed by atoms with van der Waals surface area (Å²) in [7, 11) is 1.79. The van der Waals surface area contributed by atoms with Gasteiger partial charge in [-0.15, -0.1) is 35.3 Å². The first kappa shape index (κ1) is 22.4. The van der Waals surface area contributed by atoms with E-state index in [-0.39, 0.29) is 29.4 Å². The average Bonchev–Trinajstić information content (AvgIpc) is 3.08. The molecule has 1 aliphatic rings. The van der Waals surface area contributed by atoms with E-state index in [4.69, 9.17) is 16.3 Å². The number of guanidine groups is 1. The van der Waals surface area contributed by atoms with Gasteiger partial charge in [0.1, 0.15) is 5.01 Å². The van der Waals surface area contributed by atoms with Gasteiger partial charge < -0.3 is 15.4 Å². The lowest BCUT2D eigenvalue weighted by atomic mass is 9.74. The third kappa shape index (κ3) is 5.79. The highest BCUT2D eigenvalue weighted by molar-refractivity contribution is 14.0. The molecule has 2 N–H and O–H groups in total. The molecule has 0 aliphatic carbocycles. The number of aryl methyl sites for hydroxylation is 1. The van der Waals surface area contributed by atoms with Crippen molar-refractivity contribution in [3.05, 3.63) is 50.9 Å². The molecule has 2 heterocycles. The topological polar surface area (TPSA) is 58.5 Å². The Morgan fingerprint density at radius 2 is 2.04 bits per heavy atom. The highest BCUT2D eigenvalue weighted by Crippen LogP contribution is 2.38. The van der Waals surface area contributed by atoms with Crippen LogP contribution in [0.2, 0.25) is 5.02 Å². The molecule has 1 aliphatic heterocycles. The van der Waals surface area contributed by atoms with Gasteiger partial charge in [0.05, 0.1) is 6.54 Å². The monoisotopic (exact) mass is 520 g/mol. The molecule has 0 spiro atoms. The molecule has 1 aromatic carbocycles. The quantitative estimate of drug-likeness (QED) is 0.354. The van der Waals surface area contributed by atoms with Gasteiger partial charge in [-0.3, -0.25) is 4.99 Å². The minimum Gasteiger partial charge on any atom is -0.381 e. The van der Waals surface area contributed by atoms with Crippen LogP contribution in [0.4, 0.5) is 0 Å². The predicted molar refractivity (Wildman–Crippen MR) is 124 cm³/mol. The summed E-state index contributed by atoms with van der Waals surface area (Å²) in [6.07, 6.45) is 3.77. The highest BCUT2D eigenvalue weighted by atomic mass is 127. The average molecular weight is 521 g/mol. The first-order valence-corrected chi connectivity index (χ1v) is 10.0. The number of hydrogen-bond acceptors (Lipinski definition) is 4. The van der Waals surface area contributed by atoms with Gasteiger partial charge in [-0.1, -0.05) is 29.8 Å². The van der Waals surface area contributed by atoms with E-state index in [1.54, 1.807) is 18.4 Å². The van der Waals surface area contributed by atoms with Gasteiger partial charge in [-0.2, -0.15) is 0 Å². The molecule has 0 amide bonds. The zero-order valence-electron chi connectivity index (χ0n) is 15.6. The van der Waals surface area contributed by atoms with E-state index in [0.29, 0.717) is 6.54 Å². The third-order valence-electron chi connectivity index (χ3n) is 4.79. The molecular formula is C19H26ClIN4OS. The minimum atomic E-state index is -0.0496. The molecule has 0 saturated carbocycles. The van der Waals surface area contributed by atoms with Crippen molar-refractivity contribution in [2.75, 3.05) is 26.8 Å². The largest absolute Gasteiger partial charge is 0.381 e. The lowest BCUT2D eigenvalue weighted by Gasteiger charge is -2.38. The van der Waals surface area contributed by atoms with E-state index < -0.39 is 0 Å². The first-order valence-electron chi connectivity index (χ1n) is 8.81. The Hall–Kier alpha value is -0.900. The van der Waals surface area contributed by atoms with Gasteiger partial charge >= 0.3 is 0 Å². The predicted octanol–water partition coefficient (Wildman–Crippen LogP) is 4.14. The molecule has 3 rings (SSSR count). The summed E-state index contributed by atoms with van der Waals surface area (Å²) in [4.78, 5) is 9.95. The fourth-order valence-corrected chi connectivity index (χ4v) is 4.37. The van der Waals surface area contributed by atoms with Crippen LogP contribution >= 0.6 is 46.9 Å². The van der Waals surface area contributed by atoms with Crippen molar-refractivity contribution >= 4 is 52.9 Å². The molecule has 1 aromatic heterocycles. The number of benzene rings is 1. The van der Waals surface area contributed by atoms with E-state index in [1.165, 1.54) is 10.4 Å². The standard InChI is InChI=1S/C19H25ClN4OS.HI/c1-14-11-22-17(26-14)12-23-18(21-2)24-13-19(7-9-25-10-8-19)15-5-3-4-6-16(15)20;/h3-6,11H,7-10,12-13H2,1-2H3,(H2,21,23,24);1H. The summed E-state index contributed by atoms with van der Waals surface area (Å²) < 4.78 is 5.60. The Kier molecular flexibility index (Phi) is 8.78. The zero-order chi connectivity index (χ0) is 18.4. The van der Waals surface area contributed by atoms with Gasteiger partial charge in [0.25, 0.3) is 0 Å². The Balaban J connectivity index is 0.00000261. The maximum absolute atomic E-state index is 6.52. The normalized spacial score (nSPS) is 16.5. The summed E-state index contributed by atoms with van der Waals surface area (Å²) in [5.41, 5.74) is 1.13. The summed E-state index contributed by atoms with van der Waals surface area (Å²) in [6.45, 7) is 4.98. The third-order valence-corrected chi connectivity index (χ3v) is 6.03. The van der Waals surface area contributed by atoms with Gasteiger partial charge in [-0.25, -0.2) is 4.98 Å². The number of halogens is 2. The maximum Gasteiger partial charge on any atom is 0.191 e. The number of ether oxygens (including phenoxy) is 1. The van der Waals surface area contributed by atoms with Crippen molar-refractivity contribution in [2.45, 2.75) is 31.7 Å². The van der Waals surface area contributed by atoms with Crippen molar-refractivity contribution in [1.82, 2.24) is 15.6 Å². The van der Waals surface area contributed by atoms with Crippen molar-refractivity contribution < 1.29 is 4.74 Å². The molecule has 2 aromatic rings. The molecule has 0 atom stereocenters. The zero-order valence-corrected chi connectivity index (χ0v) is 19.5. The summed E-state index contributed by atoms with van der Waals surface area (Å²) in [5, 5.41) is 8.70. The number of hydrogen-bond donors (Lipinski definition) is 2. The minimum absolute atomic E-state index is 0. The molecule has 8 heteroatoms. The fourth-order valence-electron chi connectivity index (χ4n) is 3.31. The van der Waals surface area contributed by atoms with Crippen molar-refractivity contribution in [3.8, 4) is 0 Å². The summed E-state index contributed by atoms with van der Waals surface area (Å²) in [5.74, 6) is 0.774. The van der Waals surface area contributed by atoms with Crippen molar-refractivity contribution in [3.63, 3.8) is 0 Å². The lowest BCUT2D eigenvalue weighted by molar-refractivity contribution is 0.0514. The van der Waals surface area contributed by atoms with Crippen molar-refractivity contribution in [2.24, 2.45) is 4.99 Å². The van der Waals surface area contributed by atoms with Crippen LogP contribution in [0.1, 0.15) is 28.3 Å². The Morgan fingerprint density at radius 3 is 2.67 bits per heavy atom. The number of thiazole rings is 1. The number of aliphatic imine (C=N–C) groups is 1. The second kappa shape index (κ2) is 10.6. The first-order chi connectivity index (χ1) is 12.6. The van der Waals surface area contributed by atoms with Crippen LogP contribution in [0.5, 0.6) is 0 Å². The van der Waals surface area contributed by atoms with Crippen LogP contribution < -0.4 is 10.6 Å². The molecule has 0 bridgehead atoms. The molecular weight excluding hydrogens is 495 g/mol. The Labute approximate surface area is 187 Å². The number of aromatic nitrogens is 1. The molecule has 27 heavy (non-hydrogen) atoms. The van der Waals surface area contributed by atoms with Crippen LogP contribution in [0.15, 0.2) is 35.5 Å². The van der Waals surface area contributed by atoms with Crippen LogP contribution in [-0.4, -0.2) is 37.7 Å². The lowest BCUT2D eigenvalue weighted by Crippen LogP contribution is -2.48. The highest BCUT2D eigenvalue weighted by Gasteiger charge is 2.36. The van der Waals surface area contributed by atoms with E-state index in [1.807, 2.05) is 18.3 Å².